The van der Waals surface area contributed by atoms with Crippen LogP contribution in [0, 0.1) is 42.9 Å². The number of benzene rings is 3. The summed E-state index contributed by atoms with van der Waals surface area (Å²) in [5, 5.41) is 0. The number of rotatable bonds is 1. The van der Waals surface area contributed by atoms with Crippen molar-refractivity contribution in [1.29, 1.82) is 0 Å². The van der Waals surface area contributed by atoms with Gasteiger partial charge in [-0.1, -0.05) is 24.3 Å². The van der Waals surface area contributed by atoms with Crippen LogP contribution in [0.1, 0.15) is 11.1 Å². The molecule has 5 heteroatoms. The zero-order valence-corrected chi connectivity index (χ0v) is 13.3. The van der Waals surface area contributed by atoms with Gasteiger partial charge in [0.25, 0.3) is 0 Å². The largest absolute Gasteiger partial charge is 0.206 e. The molecule has 0 amide bonds. The first-order valence-electron chi connectivity index (χ1n) is 7.59. The minimum absolute atomic E-state index is 0.0218. The Balaban J connectivity index is 1.99. The van der Waals surface area contributed by atoms with Gasteiger partial charge in [-0.2, -0.15) is 0 Å². The minimum Gasteiger partial charge on any atom is -0.206 e. The van der Waals surface area contributed by atoms with E-state index in [-0.39, 0.29) is 33.4 Å². The van der Waals surface area contributed by atoms with E-state index >= 15 is 0 Å². The molecule has 4 rings (SSSR count). The van der Waals surface area contributed by atoms with Gasteiger partial charge >= 0.3 is 0 Å². The summed E-state index contributed by atoms with van der Waals surface area (Å²) >= 11 is 0. The number of aryl methyl sites for hydroxylation is 2. The lowest BCUT2D eigenvalue weighted by Crippen LogP contribution is -2.09. The van der Waals surface area contributed by atoms with Crippen LogP contribution in [0.4, 0.5) is 22.0 Å². The Labute approximate surface area is 140 Å². The van der Waals surface area contributed by atoms with E-state index in [0.717, 1.165) is 0 Å². The molecule has 1 aliphatic carbocycles. The van der Waals surface area contributed by atoms with Crippen LogP contribution < -0.4 is 0 Å². The van der Waals surface area contributed by atoms with Crippen LogP contribution in [-0.4, -0.2) is 0 Å². The van der Waals surface area contributed by atoms with Crippen molar-refractivity contribution in [2.75, 3.05) is 0 Å². The zero-order chi connectivity index (χ0) is 18.0. The van der Waals surface area contributed by atoms with Crippen molar-refractivity contribution in [2.24, 2.45) is 0 Å². The van der Waals surface area contributed by atoms with Crippen molar-refractivity contribution in [3.8, 4) is 33.4 Å². The van der Waals surface area contributed by atoms with Crippen molar-refractivity contribution in [3.63, 3.8) is 0 Å². The second kappa shape index (κ2) is 5.15. The summed E-state index contributed by atoms with van der Waals surface area (Å²) in [5.41, 5.74) is 0.185. The predicted octanol–water partition coefficient (Wildman–Crippen LogP) is 6.31. The lowest BCUT2D eigenvalue weighted by atomic mass is 9.77. The van der Waals surface area contributed by atoms with Crippen LogP contribution in [0.5, 0.6) is 0 Å². The van der Waals surface area contributed by atoms with Crippen molar-refractivity contribution in [2.45, 2.75) is 13.8 Å². The summed E-state index contributed by atoms with van der Waals surface area (Å²) in [5.74, 6) is -5.55. The highest BCUT2D eigenvalue weighted by Crippen LogP contribution is 2.52. The maximum atomic E-state index is 14.5. The molecule has 0 saturated carbocycles. The maximum Gasteiger partial charge on any atom is 0.168 e. The normalized spacial score (nSPS) is 11.8. The number of hydrogen-bond acceptors (Lipinski definition) is 0. The molecular weight excluding hydrogens is 335 g/mol. The Morgan fingerprint density at radius 1 is 0.480 bits per heavy atom. The second-order valence-corrected chi connectivity index (χ2v) is 6.15. The molecule has 1 aliphatic rings. The van der Waals surface area contributed by atoms with Gasteiger partial charge in [-0.25, -0.2) is 22.0 Å². The van der Waals surface area contributed by atoms with E-state index in [1.807, 2.05) is 0 Å². The van der Waals surface area contributed by atoms with E-state index in [9.17, 15) is 22.0 Å². The van der Waals surface area contributed by atoms with E-state index in [0.29, 0.717) is 11.1 Å². The summed E-state index contributed by atoms with van der Waals surface area (Å²) in [6.07, 6.45) is 0. The molecule has 0 unspecified atom stereocenters. The second-order valence-electron chi connectivity index (χ2n) is 6.15. The van der Waals surface area contributed by atoms with Gasteiger partial charge < -0.3 is 0 Å². The number of hydrogen-bond donors (Lipinski definition) is 0. The van der Waals surface area contributed by atoms with E-state index in [4.69, 9.17) is 0 Å². The molecule has 0 saturated heterocycles. The van der Waals surface area contributed by atoms with E-state index in [1.165, 1.54) is 38.1 Å². The minimum atomic E-state index is -1.33. The van der Waals surface area contributed by atoms with Gasteiger partial charge in [-0.3, -0.25) is 0 Å². The summed E-state index contributed by atoms with van der Waals surface area (Å²) in [6.45, 7) is 2.90. The van der Waals surface area contributed by atoms with E-state index in [1.54, 1.807) is 6.07 Å². The van der Waals surface area contributed by atoms with Gasteiger partial charge in [0.2, 0.25) is 0 Å². The van der Waals surface area contributed by atoms with Gasteiger partial charge in [0.1, 0.15) is 5.82 Å². The molecule has 0 bridgehead atoms. The smallest absolute Gasteiger partial charge is 0.168 e. The molecular formula is C20H11F5. The summed E-state index contributed by atoms with van der Waals surface area (Å²) in [6, 6.07) is 6.86. The third-order valence-corrected chi connectivity index (χ3v) is 4.65. The predicted molar refractivity (Wildman–Crippen MR) is 85.6 cm³/mol. The molecule has 0 N–H and O–H groups in total. The van der Waals surface area contributed by atoms with E-state index < -0.39 is 29.1 Å². The first kappa shape index (κ1) is 15.8. The third kappa shape index (κ3) is 1.98. The van der Waals surface area contributed by atoms with Crippen LogP contribution in [0.3, 0.4) is 0 Å². The molecule has 126 valence electrons. The van der Waals surface area contributed by atoms with Crippen molar-refractivity contribution < 1.29 is 22.0 Å². The van der Waals surface area contributed by atoms with Gasteiger partial charge in [0.15, 0.2) is 23.3 Å². The Morgan fingerprint density at radius 3 is 1.68 bits per heavy atom. The molecule has 0 aliphatic heterocycles. The molecule has 0 spiro atoms. The lowest BCUT2D eigenvalue weighted by molar-refractivity contribution is 0.498. The fourth-order valence-corrected chi connectivity index (χ4v) is 3.22. The topological polar surface area (TPSA) is 0 Å². The number of halogens is 5. The Kier molecular flexibility index (Phi) is 3.26. The Morgan fingerprint density at radius 2 is 1.00 bits per heavy atom. The summed E-state index contributed by atoms with van der Waals surface area (Å²) in [7, 11) is 0. The molecule has 0 aromatic heterocycles. The van der Waals surface area contributed by atoms with Crippen LogP contribution >= 0.6 is 0 Å². The summed E-state index contributed by atoms with van der Waals surface area (Å²) in [4.78, 5) is 0. The highest BCUT2D eigenvalue weighted by molar-refractivity contribution is 6.04. The monoisotopic (exact) mass is 346 g/mol. The molecule has 3 aromatic rings. The molecule has 0 radical (unpaired) electrons. The van der Waals surface area contributed by atoms with Crippen LogP contribution in [0.15, 0.2) is 30.3 Å². The zero-order valence-electron chi connectivity index (χ0n) is 13.3. The average Bonchev–Trinajstić information content (AvgIpc) is 2.57. The van der Waals surface area contributed by atoms with Crippen LogP contribution in [0.25, 0.3) is 33.4 Å². The molecule has 0 fully saturated rings. The quantitative estimate of drug-likeness (QED) is 0.354. The molecule has 3 aromatic carbocycles. The van der Waals surface area contributed by atoms with Crippen molar-refractivity contribution >= 4 is 0 Å². The molecule has 25 heavy (non-hydrogen) atoms. The van der Waals surface area contributed by atoms with Crippen LogP contribution in [0.2, 0.25) is 0 Å². The van der Waals surface area contributed by atoms with E-state index in [2.05, 4.69) is 0 Å². The highest BCUT2D eigenvalue weighted by Gasteiger charge is 2.34. The first-order chi connectivity index (χ1) is 11.8. The SMILES string of the molecule is Cc1ccc(-c2cc3c(c(F)c2F)-c2c-3ccc(C)c2F)c(F)c1F. The summed E-state index contributed by atoms with van der Waals surface area (Å²) < 4.78 is 71.3. The van der Waals surface area contributed by atoms with Gasteiger partial charge in [0.05, 0.1) is 0 Å². The fraction of sp³-hybridized carbons (Fsp3) is 0.100. The lowest BCUT2D eigenvalue weighted by Gasteiger charge is -2.27. The molecule has 0 atom stereocenters. The Hall–Kier alpha value is -2.69. The van der Waals surface area contributed by atoms with Gasteiger partial charge in [0, 0.05) is 22.3 Å². The maximum absolute atomic E-state index is 14.5. The standard InChI is InChI=1S/C20H11F5/c1-8-3-5-10-12-7-13(11-6-4-9(2)17(22)18(11)23)19(24)20(25)15(12)14(10)16(8)21/h3-7H,1-2H3. The number of fused-ring (bicyclic) bond motifs is 4. The molecule has 0 nitrogen and oxygen atoms in total. The first-order valence-corrected chi connectivity index (χ1v) is 7.59. The third-order valence-electron chi connectivity index (χ3n) is 4.65. The highest BCUT2D eigenvalue weighted by atomic mass is 19.2. The Bertz CT molecular complexity index is 1070. The van der Waals surface area contributed by atoms with Crippen molar-refractivity contribution in [1.82, 2.24) is 0 Å². The van der Waals surface area contributed by atoms with Gasteiger partial charge in [-0.15, -0.1) is 0 Å². The van der Waals surface area contributed by atoms with Crippen molar-refractivity contribution in [3.05, 3.63) is 70.5 Å². The van der Waals surface area contributed by atoms with Crippen LogP contribution in [-0.2, 0) is 0 Å². The molecule has 0 heterocycles. The average molecular weight is 346 g/mol. The van der Waals surface area contributed by atoms with Gasteiger partial charge in [-0.05, 0) is 42.2 Å². The fourth-order valence-electron chi connectivity index (χ4n) is 3.22.